The van der Waals surface area contributed by atoms with Crippen molar-refractivity contribution in [2.75, 3.05) is 0 Å². The molecule has 0 amide bonds. The van der Waals surface area contributed by atoms with Crippen molar-refractivity contribution in [1.82, 2.24) is 0 Å². The maximum absolute atomic E-state index is 12.6. The standard InChI is InChI=1S/C8H8F2/c1-6-3-2-4-7(9)5-8(6)10/h2-3,5H,4H2,1H3. The highest BCUT2D eigenvalue weighted by Gasteiger charge is 2.01. The van der Waals surface area contributed by atoms with Crippen molar-refractivity contribution >= 4 is 0 Å². The molecule has 54 valence electrons. The zero-order chi connectivity index (χ0) is 7.56. The Balaban J connectivity index is 2.98. The molecular formula is C8H8F2. The van der Waals surface area contributed by atoms with E-state index in [2.05, 4.69) is 0 Å². The van der Waals surface area contributed by atoms with E-state index in [1.807, 2.05) is 0 Å². The molecule has 0 aromatic heterocycles. The van der Waals surface area contributed by atoms with Crippen molar-refractivity contribution in [2.45, 2.75) is 13.3 Å². The third-order valence-electron chi connectivity index (χ3n) is 1.34. The van der Waals surface area contributed by atoms with Crippen LogP contribution in [0.4, 0.5) is 8.78 Å². The second kappa shape index (κ2) is 2.78. The number of halogens is 2. The maximum atomic E-state index is 12.6. The summed E-state index contributed by atoms with van der Waals surface area (Å²) in [7, 11) is 0. The molecule has 2 heteroatoms. The lowest BCUT2D eigenvalue weighted by molar-refractivity contribution is 0.598. The van der Waals surface area contributed by atoms with E-state index in [9.17, 15) is 8.78 Å². The number of allylic oxidation sites excluding steroid dienone is 6. The zero-order valence-electron chi connectivity index (χ0n) is 5.70. The third-order valence-corrected chi connectivity index (χ3v) is 1.34. The van der Waals surface area contributed by atoms with Crippen LogP contribution >= 0.6 is 0 Å². The quantitative estimate of drug-likeness (QED) is 0.487. The minimum absolute atomic E-state index is 0.199. The summed E-state index contributed by atoms with van der Waals surface area (Å²) in [6.45, 7) is 1.61. The molecular weight excluding hydrogens is 134 g/mol. The predicted octanol–water partition coefficient (Wildman–Crippen LogP) is 3.04. The smallest absolute Gasteiger partial charge is 0.128 e. The Morgan fingerprint density at radius 3 is 2.80 bits per heavy atom. The molecule has 0 spiro atoms. The highest BCUT2D eigenvalue weighted by atomic mass is 19.1. The summed E-state index contributed by atoms with van der Waals surface area (Å²) in [6, 6.07) is 0. The van der Waals surface area contributed by atoms with Crippen molar-refractivity contribution in [3.05, 3.63) is 35.5 Å². The van der Waals surface area contributed by atoms with E-state index in [1.165, 1.54) is 0 Å². The fourth-order valence-corrected chi connectivity index (χ4v) is 0.738. The Labute approximate surface area is 58.6 Å². The summed E-state index contributed by atoms with van der Waals surface area (Å²) >= 11 is 0. The lowest BCUT2D eigenvalue weighted by Gasteiger charge is -1.88. The molecule has 0 atom stereocenters. The van der Waals surface area contributed by atoms with Crippen LogP contribution in [-0.2, 0) is 0 Å². The SMILES string of the molecule is CC1=C(F)C=C(F)CC=C1. The Hall–Kier alpha value is -0.920. The van der Waals surface area contributed by atoms with Crippen LogP contribution in [0.3, 0.4) is 0 Å². The summed E-state index contributed by atoms with van der Waals surface area (Å²) in [5.41, 5.74) is 0.479. The molecule has 0 aromatic rings. The summed E-state index contributed by atoms with van der Waals surface area (Å²) in [4.78, 5) is 0. The molecule has 1 rings (SSSR count). The molecule has 0 fully saturated rings. The average Bonchev–Trinajstić information content (AvgIpc) is 1.96. The van der Waals surface area contributed by atoms with Gasteiger partial charge in [-0.25, -0.2) is 8.78 Å². The molecule has 0 bridgehead atoms. The fourth-order valence-electron chi connectivity index (χ4n) is 0.738. The van der Waals surface area contributed by atoms with Crippen LogP contribution in [0.2, 0.25) is 0 Å². The molecule has 1 aliphatic carbocycles. The van der Waals surface area contributed by atoms with Gasteiger partial charge >= 0.3 is 0 Å². The summed E-state index contributed by atoms with van der Waals surface area (Å²) < 4.78 is 25.0. The predicted molar refractivity (Wildman–Crippen MR) is 36.8 cm³/mol. The van der Waals surface area contributed by atoms with E-state index < -0.39 is 11.7 Å². The topological polar surface area (TPSA) is 0 Å². The Bertz CT molecular complexity index is 221. The van der Waals surface area contributed by atoms with Gasteiger partial charge in [-0.05, 0) is 12.5 Å². The first kappa shape index (κ1) is 7.19. The molecule has 0 saturated heterocycles. The molecule has 0 aliphatic heterocycles. The highest BCUT2D eigenvalue weighted by molar-refractivity contribution is 5.31. The first-order chi connectivity index (χ1) is 4.70. The van der Waals surface area contributed by atoms with Crippen LogP contribution in [0.1, 0.15) is 13.3 Å². The highest BCUT2D eigenvalue weighted by Crippen LogP contribution is 2.18. The molecule has 0 radical (unpaired) electrons. The van der Waals surface area contributed by atoms with E-state index >= 15 is 0 Å². The van der Waals surface area contributed by atoms with E-state index in [0.717, 1.165) is 6.08 Å². The molecule has 0 N–H and O–H groups in total. The second-order valence-corrected chi connectivity index (χ2v) is 2.23. The maximum Gasteiger partial charge on any atom is 0.128 e. The molecule has 0 saturated carbocycles. The molecule has 0 heterocycles. The van der Waals surface area contributed by atoms with Gasteiger partial charge in [-0.3, -0.25) is 0 Å². The Morgan fingerprint density at radius 2 is 2.10 bits per heavy atom. The van der Waals surface area contributed by atoms with Gasteiger partial charge in [-0.1, -0.05) is 12.2 Å². The Morgan fingerprint density at radius 1 is 1.40 bits per heavy atom. The summed E-state index contributed by atoms with van der Waals surface area (Å²) in [6.07, 6.45) is 4.31. The van der Waals surface area contributed by atoms with Crippen LogP contribution < -0.4 is 0 Å². The largest absolute Gasteiger partial charge is 0.211 e. The van der Waals surface area contributed by atoms with Gasteiger partial charge in [0.2, 0.25) is 0 Å². The van der Waals surface area contributed by atoms with Crippen molar-refractivity contribution in [2.24, 2.45) is 0 Å². The third kappa shape index (κ3) is 1.53. The molecule has 1 aliphatic rings. The number of hydrogen-bond acceptors (Lipinski definition) is 0. The van der Waals surface area contributed by atoms with Crippen LogP contribution in [0.25, 0.3) is 0 Å². The molecule has 0 nitrogen and oxygen atoms in total. The zero-order valence-corrected chi connectivity index (χ0v) is 5.70. The minimum Gasteiger partial charge on any atom is -0.211 e. The van der Waals surface area contributed by atoms with Crippen molar-refractivity contribution in [3.8, 4) is 0 Å². The molecule has 0 unspecified atom stereocenters. The van der Waals surface area contributed by atoms with Crippen LogP contribution in [-0.4, -0.2) is 0 Å². The summed E-state index contributed by atoms with van der Waals surface area (Å²) in [5.74, 6) is -0.906. The van der Waals surface area contributed by atoms with Gasteiger partial charge in [-0.15, -0.1) is 0 Å². The molecule has 0 aromatic carbocycles. The first-order valence-electron chi connectivity index (χ1n) is 3.09. The van der Waals surface area contributed by atoms with Gasteiger partial charge in [0.25, 0.3) is 0 Å². The molecule has 10 heavy (non-hydrogen) atoms. The fraction of sp³-hybridized carbons (Fsp3) is 0.250. The van der Waals surface area contributed by atoms with Gasteiger partial charge < -0.3 is 0 Å². The van der Waals surface area contributed by atoms with Crippen LogP contribution in [0.5, 0.6) is 0 Å². The van der Waals surface area contributed by atoms with Crippen molar-refractivity contribution < 1.29 is 8.78 Å². The number of rotatable bonds is 0. The Kier molecular flexibility index (Phi) is 2.00. The van der Waals surface area contributed by atoms with Crippen LogP contribution in [0, 0.1) is 0 Å². The lowest BCUT2D eigenvalue weighted by Crippen LogP contribution is -1.71. The van der Waals surface area contributed by atoms with Crippen LogP contribution in [0.15, 0.2) is 35.5 Å². The number of hydrogen-bond donors (Lipinski definition) is 0. The van der Waals surface area contributed by atoms with Gasteiger partial charge in [0.05, 0.1) is 0 Å². The minimum atomic E-state index is -0.480. The van der Waals surface area contributed by atoms with Gasteiger partial charge in [0.15, 0.2) is 0 Å². The van der Waals surface area contributed by atoms with Gasteiger partial charge in [0, 0.05) is 12.5 Å². The normalized spacial score (nSPS) is 18.9. The first-order valence-corrected chi connectivity index (χ1v) is 3.09. The lowest BCUT2D eigenvalue weighted by atomic mass is 10.2. The van der Waals surface area contributed by atoms with E-state index in [4.69, 9.17) is 0 Å². The van der Waals surface area contributed by atoms with E-state index in [1.54, 1.807) is 19.1 Å². The average molecular weight is 142 g/mol. The van der Waals surface area contributed by atoms with Crippen molar-refractivity contribution in [1.29, 1.82) is 0 Å². The second-order valence-electron chi connectivity index (χ2n) is 2.23. The van der Waals surface area contributed by atoms with Gasteiger partial charge in [0.1, 0.15) is 11.7 Å². The van der Waals surface area contributed by atoms with E-state index in [0.29, 0.717) is 5.57 Å². The summed E-state index contributed by atoms with van der Waals surface area (Å²) in [5, 5.41) is 0. The van der Waals surface area contributed by atoms with Gasteiger partial charge in [-0.2, -0.15) is 0 Å². The van der Waals surface area contributed by atoms with Crippen molar-refractivity contribution in [3.63, 3.8) is 0 Å². The van der Waals surface area contributed by atoms with E-state index in [-0.39, 0.29) is 6.42 Å². The monoisotopic (exact) mass is 142 g/mol.